The van der Waals surface area contributed by atoms with E-state index in [4.69, 9.17) is 0 Å². The summed E-state index contributed by atoms with van der Waals surface area (Å²) in [6.45, 7) is 5.08. The summed E-state index contributed by atoms with van der Waals surface area (Å²) in [5, 5.41) is 11.2. The average Bonchev–Trinajstić information content (AvgIpc) is 2.71. The van der Waals surface area contributed by atoms with Crippen LogP contribution in [0.1, 0.15) is 19.4 Å². The van der Waals surface area contributed by atoms with Crippen LogP contribution in [-0.4, -0.2) is 11.5 Å². The third-order valence-corrected chi connectivity index (χ3v) is 3.85. The smallest absolute Gasteiger partial charge is 0.292 e. The number of nitro benzene ring substituents is 1. The number of nitro groups is 1. The first kappa shape index (κ1) is 12.7. The molecule has 0 aromatic heterocycles. The van der Waals surface area contributed by atoms with Crippen LogP contribution in [0.2, 0.25) is 0 Å². The van der Waals surface area contributed by atoms with Crippen LogP contribution in [0.15, 0.2) is 48.5 Å². The molecule has 0 N–H and O–H groups in total. The van der Waals surface area contributed by atoms with Gasteiger partial charge in [0, 0.05) is 23.7 Å². The topological polar surface area (TPSA) is 46.4 Å². The Bertz CT molecular complexity index is 680. The van der Waals surface area contributed by atoms with Gasteiger partial charge in [0.2, 0.25) is 0 Å². The SMILES string of the molecule is CC1(C)CN(c2ccccc2[N+](=O)[O-])c2ccccc21. The van der Waals surface area contributed by atoms with Crippen molar-refractivity contribution in [2.75, 3.05) is 11.4 Å². The summed E-state index contributed by atoms with van der Waals surface area (Å²) < 4.78 is 0. The van der Waals surface area contributed by atoms with E-state index in [2.05, 4.69) is 19.9 Å². The van der Waals surface area contributed by atoms with Gasteiger partial charge in [0.1, 0.15) is 5.69 Å². The number of rotatable bonds is 2. The Hall–Kier alpha value is -2.36. The third kappa shape index (κ3) is 1.84. The van der Waals surface area contributed by atoms with Crippen molar-refractivity contribution in [1.82, 2.24) is 0 Å². The Balaban J connectivity index is 2.17. The van der Waals surface area contributed by atoms with Crippen LogP contribution in [-0.2, 0) is 5.41 Å². The van der Waals surface area contributed by atoms with Gasteiger partial charge in [-0.25, -0.2) is 0 Å². The second-order valence-corrected chi connectivity index (χ2v) is 5.73. The maximum absolute atomic E-state index is 11.2. The van der Waals surface area contributed by atoms with Crippen LogP contribution in [0, 0.1) is 10.1 Å². The van der Waals surface area contributed by atoms with E-state index in [1.54, 1.807) is 12.1 Å². The quantitative estimate of drug-likeness (QED) is 0.610. The number of nitrogens with zero attached hydrogens (tertiary/aromatic N) is 2. The first-order chi connectivity index (χ1) is 9.50. The molecule has 102 valence electrons. The monoisotopic (exact) mass is 268 g/mol. The molecule has 1 heterocycles. The molecule has 2 aromatic rings. The van der Waals surface area contributed by atoms with Gasteiger partial charge >= 0.3 is 0 Å². The van der Waals surface area contributed by atoms with Crippen molar-refractivity contribution in [3.05, 3.63) is 64.2 Å². The van der Waals surface area contributed by atoms with Gasteiger partial charge in [0.25, 0.3) is 5.69 Å². The minimum Gasteiger partial charge on any atom is -0.335 e. The van der Waals surface area contributed by atoms with Crippen LogP contribution < -0.4 is 4.90 Å². The van der Waals surface area contributed by atoms with E-state index in [9.17, 15) is 10.1 Å². The van der Waals surface area contributed by atoms with Crippen molar-refractivity contribution in [2.24, 2.45) is 0 Å². The highest BCUT2D eigenvalue weighted by Gasteiger charge is 2.37. The Labute approximate surface area is 117 Å². The van der Waals surface area contributed by atoms with E-state index in [0.29, 0.717) is 5.69 Å². The molecule has 0 radical (unpaired) electrons. The molecule has 1 aliphatic heterocycles. The lowest BCUT2D eigenvalue weighted by molar-refractivity contribution is -0.384. The molecule has 0 spiro atoms. The fourth-order valence-corrected chi connectivity index (χ4v) is 2.91. The minimum absolute atomic E-state index is 0.0136. The molecule has 0 atom stereocenters. The van der Waals surface area contributed by atoms with Gasteiger partial charge in [-0.15, -0.1) is 0 Å². The molecule has 4 heteroatoms. The molecule has 2 aromatic carbocycles. The van der Waals surface area contributed by atoms with Crippen LogP contribution in [0.4, 0.5) is 17.1 Å². The number of anilines is 2. The average molecular weight is 268 g/mol. The normalized spacial score (nSPS) is 16.0. The number of benzene rings is 2. The van der Waals surface area contributed by atoms with Crippen molar-refractivity contribution in [3.8, 4) is 0 Å². The summed E-state index contributed by atoms with van der Waals surface area (Å²) in [4.78, 5) is 13.0. The molecule has 3 rings (SSSR count). The summed E-state index contributed by atoms with van der Waals surface area (Å²) in [6, 6.07) is 15.0. The molecule has 0 aliphatic carbocycles. The minimum atomic E-state index is -0.316. The fourth-order valence-electron chi connectivity index (χ4n) is 2.91. The van der Waals surface area contributed by atoms with Crippen molar-refractivity contribution >= 4 is 17.1 Å². The molecule has 0 saturated heterocycles. The van der Waals surface area contributed by atoms with Crippen LogP contribution >= 0.6 is 0 Å². The molecule has 0 fully saturated rings. The van der Waals surface area contributed by atoms with E-state index in [-0.39, 0.29) is 16.0 Å². The van der Waals surface area contributed by atoms with Crippen molar-refractivity contribution in [1.29, 1.82) is 0 Å². The highest BCUT2D eigenvalue weighted by molar-refractivity contribution is 5.77. The molecule has 0 amide bonds. The molecule has 20 heavy (non-hydrogen) atoms. The second-order valence-electron chi connectivity index (χ2n) is 5.73. The van der Waals surface area contributed by atoms with Gasteiger partial charge in [0.15, 0.2) is 0 Å². The van der Waals surface area contributed by atoms with Gasteiger partial charge < -0.3 is 4.90 Å². The summed E-state index contributed by atoms with van der Waals surface area (Å²) in [7, 11) is 0. The lowest BCUT2D eigenvalue weighted by Crippen LogP contribution is -2.25. The lowest BCUT2D eigenvalue weighted by atomic mass is 9.87. The number of hydrogen-bond donors (Lipinski definition) is 0. The van der Waals surface area contributed by atoms with Crippen LogP contribution in [0.3, 0.4) is 0 Å². The lowest BCUT2D eigenvalue weighted by Gasteiger charge is -2.22. The molecular formula is C16H16N2O2. The maximum atomic E-state index is 11.2. The Morgan fingerprint density at radius 3 is 2.35 bits per heavy atom. The number of fused-ring (bicyclic) bond motifs is 1. The zero-order valence-electron chi connectivity index (χ0n) is 11.5. The predicted molar refractivity (Wildman–Crippen MR) is 79.6 cm³/mol. The van der Waals surface area contributed by atoms with E-state index in [1.165, 1.54) is 5.56 Å². The summed E-state index contributed by atoms with van der Waals surface area (Å²) in [5.74, 6) is 0. The third-order valence-electron chi connectivity index (χ3n) is 3.85. The first-order valence-corrected chi connectivity index (χ1v) is 6.61. The Morgan fingerprint density at radius 2 is 1.65 bits per heavy atom. The molecule has 0 saturated carbocycles. The van der Waals surface area contributed by atoms with Gasteiger partial charge in [-0.2, -0.15) is 0 Å². The van der Waals surface area contributed by atoms with Gasteiger partial charge in [-0.05, 0) is 17.7 Å². The largest absolute Gasteiger partial charge is 0.335 e. The Morgan fingerprint density at radius 1 is 1.05 bits per heavy atom. The Kier molecular flexibility index (Phi) is 2.74. The van der Waals surface area contributed by atoms with Crippen molar-refractivity contribution in [3.63, 3.8) is 0 Å². The fraction of sp³-hybridized carbons (Fsp3) is 0.250. The van der Waals surface area contributed by atoms with Gasteiger partial charge in [0.05, 0.1) is 4.92 Å². The second kappa shape index (κ2) is 4.34. The van der Waals surface area contributed by atoms with E-state index >= 15 is 0 Å². The van der Waals surface area contributed by atoms with Gasteiger partial charge in [-0.1, -0.05) is 44.2 Å². The predicted octanol–water partition coefficient (Wildman–Crippen LogP) is 4.02. The standard InChI is InChI=1S/C16H16N2O2/c1-16(2)11-17(13-8-4-3-7-12(13)16)14-9-5-6-10-15(14)18(19)20/h3-10H,11H2,1-2H3. The molecule has 1 aliphatic rings. The highest BCUT2D eigenvalue weighted by Crippen LogP contribution is 2.46. The van der Waals surface area contributed by atoms with Crippen molar-refractivity contribution in [2.45, 2.75) is 19.3 Å². The van der Waals surface area contributed by atoms with Crippen LogP contribution in [0.5, 0.6) is 0 Å². The molecule has 4 nitrogen and oxygen atoms in total. The summed E-state index contributed by atoms with van der Waals surface area (Å²) >= 11 is 0. The highest BCUT2D eigenvalue weighted by atomic mass is 16.6. The van der Waals surface area contributed by atoms with Crippen LogP contribution in [0.25, 0.3) is 0 Å². The molecular weight excluding hydrogens is 252 g/mol. The number of hydrogen-bond acceptors (Lipinski definition) is 3. The van der Waals surface area contributed by atoms with E-state index < -0.39 is 0 Å². The molecule has 0 bridgehead atoms. The molecule has 0 unspecified atom stereocenters. The van der Waals surface area contributed by atoms with E-state index in [0.717, 1.165) is 12.2 Å². The van der Waals surface area contributed by atoms with Gasteiger partial charge in [-0.3, -0.25) is 10.1 Å². The first-order valence-electron chi connectivity index (χ1n) is 6.61. The summed E-state index contributed by atoms with van der Waals surface area (Å²) in [6.07, 6.45) is 0. The summed E-state index contributed by atoms with van der Waals surface area (Å²) in [5.41, 5.74) is 3.10. The maximum Gasteiger partial charge on any atom is 0.292 e. The van der Waals surface area contributed by atoms with E-state index in [1.807, 2.05) is 35.2 Å². The zero-order chi connectivity index (χ0) is 14.3. The number of para-hydroxylation sites is 3. The zero-order valence-corrected chi connectivity index (χ0v) is 11.5. The van der Waals surface area contributed by atoms with Crippen molar-refractivity contribution < 1.29 is 4.92 Å².